The Bertz CT molecular complexity index is 615. The highest BCUT2D eigenvalue weighted by Crippen LogP contribution is 2.19. The van der Waals surface area contributed by atoms with Gasteiger partial charge in [-0.1, -0.05) is 13.8 Å². The second-order valence-electron chi connectivity index (χ2n) is 5.68. The van der Waals surface area contributed by atoms with Crippen LogP contribution in [0.25, 0.3) is 0 Å². The zero-order chi connectivity index (χ0) is 18.4. The molecule has 5 nitrogen and oxygen atoms in total. The smallest absolute Gasteiger partial charge is 0.244 e. The summed E-state index contributed by atoms with van der Waals surface area (Å²) in [6, 6.07) is 1.24. The van der Waals surface area contributed by atoms with Crippen LogP contribution in [0, 0.1) is 23.4 Å². The molecule has 1 aromatic carbocycles. The summed E-state index contributed by atoms with van der Waals surface area (Å²) in [5.74, 6) is -5.99. The molecule has 3 N–H and O–H groups in total. The maximum Gasteiger partial charge on any atom is 0.244 e. The third-order valence-electron chi connectivity index (χ3n) is 3.63. The van der Waals surface area contributed by atoms with Gasteiger partial charge in [0.25, 0.3) is 0 Å². The normalized spacial score (nSPS) is 12.8. The number of halogens is 4. The Kier molecular flexibility index (Phi) is 9.51. The summed E-state index contributed by atoms with van der Waals surface area (Å²) in [5.41, 5.74) is 5.22. The van der Waals surface area contributed by atoms with Crippen molar-refractivity contribution in [3.63, 3.8) is 0 Å². The van der Waals surface area contributed by atoms with Crippen molar-refractivity contribution in [2.45, 2.75) is 33.2 Å². The highest BCUT2D eigenvalue weighted by atomic mass is 35.5. The van der Waals surface area contributed by atoms with Crippen molar-refractivity contribution in [3.8, 4) is 0 Å². The number of carbonyl (C=O) groups excluding carboxylic acids is 2. The van der Waals surface area contributed by atoms with E-state index in [0.29, 0.717) is 19.0 Å². The average molecular weight is 382 g/mol. The lowest BCUT2D eigenvalue weighted by atomic mass is 10.0. The zero-order valence-electron chi connectivity index (χ0n) is 14.3. The second kappa shape index (κ2) is 10.2. The van der Waals surface area contributed by atoms with Gasteiger partial charge in [0.15, 0.2) is 17.5 Å². The lowest BCUT2D eigenvalue weighted by Gasteiger charge is -2.26. The summed E-state index contributed by atoms with van der Waals surface area (Å²) in [4.78, 5) is 25.6. The van der Waals surface area contributed by atoms with Crippen molar-refractivity contribution >= 4 is 29.9 Å². The number of carbonyl (C=O) groups is 2. The van der Waals surface area contributed by atoms with Gasteiger partial charge in [0.2, 0.25) is 11.8 Å². The van der Waals surface area contributed by atoms with E-state index < -0.39 is 35.0 Å². The molecule has 0 saturated heterocycles. The molecule has 0 aliphatic heterocycles. The van der Waals surface area contributed by atoms with Crippen LogP contribution in [0.1, 0.15) is 27.2 Å². The van der Waals surface area contributed by atoms with Crippen LogP contribution in [0.2, 0.25) is 0 Å². The van der Waals surface area contributed by atoms with E-state index >= 15 is 0 Å². The highest BCUT2D eigenvalue weighted by Gasteiger charge is 2.25. The van der Waals surface area contributed by atoms with Crippen molar-refractivity contribution in [2.24, 2.45) is 11.7 Å². The first-order valence-electron chi connectivity index (χ1n) is 7.66. The molecule has 1 rings (SSSR count). The van der Waals surface area contributed by atoms with Crippen LogP contribution < -0.4 is 11.1 Å². The van der Waals surface area contributed by atoms with Crippen molar-refractivity contribution in [2.75, 3.05) is 18.4 Å². The van der Waals surface area contributed by atoms with Crippen LogP contribution in [0.4, 0.5) is 18.9 Å². The topological polar surface area (TPSA) is 75.4 Å². The molecule has 9 heteroatoms. The minimum atomic E-state index is -1.67. The molecule has 0 radical (unpaired) electrons. The molecule has 0 saturated carbocycles. The molecule has 2 amide bonds. The summed E-state index contributed by atoms with van der Waals surface area (Å²) >= 11 is 0. The molecular formula is C16H23ClF3N3O2. The van der Waals surface area contributed by atoms with E-state index in [0.717, 1.165) is 6.07 Å². The summed E-state index contributed by atoms with van der Waals surface area (Å²) in [7, 11) is 0. The number of nitrogens with two attached hydrogens (primary N) is 1. The van der Waals surface area contributed by atoms with Gasteiger partial charge >= 0.3 is 0 Å². The number of anilines is 1. The largest absolute Gasteiger partial charge is 0.333 e. The Morgan fingerprint density at radius 3 is 2.32 bits per heavy atom. The van der Waals surface area contributed by atoms with Gasteiger partial charge in [0.05, 0.1) is 18.2 Å². The summed E-state index contributed by atoms with van der Waals surface area (Å²) in [6.07, 6.45) is 0.615. The molecule has 1 aromatic rings. The van der Waals surface area contributed by atoms with Gasteiger partial charge in [-0.15, -0.1) is 12.4 Å². The van der Waals surface area contributed by atoms with Crippen molar-refractivity contribution in [3.05, 3.63) is 29.6 Å². The van der Waals surface area contributed by atoms with E-state index in [4.69, 9.17) is 5.73 Å². The molecule has 142 valence electrons. The van der Waals surface area contributed by atoms with Gasteiger partial charge in [-0.3, -0.25) is 9.59 Å². The predicted octanol–water partition coefficient (Wildman–Crippen LogP) is 2.69. The molecule has 0 fully saturated rings. The van der Waals surface area contributed by atoms with E-state index in [-0.39, 0.29) is 30.9 Å². The number of amides is 2. The van der Waals surface area contributed by atoms with Gasteiger partial charge in [-0.2, -0.15) is 0 Å². The van der Waals surface area contributed by atoms with E-state index in [1.165, 1.54) is 4.90 Å². The van der Waals surface area contributed by atoms with Gasteiger partial charge in [0.1, 0.15) is 0 Å². The van der Waals surface area contributed by atoms with Crippen LogP contribution in [0.5, 0.6) is 0 Å². The standard InChI is InChI=1S/C16H22F3N3O2.ClH/c1-4-7-22(16(24)9(2)10(3)20)8-13(23)21-12-6-5-11(17)14(18)15(12)19;/h5-6,9-10H,4,7-8,20H2,1-3H3,(H,21,23);1H. The quantitative estimate of drug-likeness (QED) is 0.713. The van der Waals surface area contributed by atoms with Gasteiger partial charge < -0.3 is 16.0 Å². The first-order chi connectivity index (χ1) is 11.2. The van der Waals surface area contributed by atoms with Gasteiger partial charge in [0, 0.05) is 12.6 Å². The Balaban J connectivity index is 0.00000576. The van der Waals surface area contributed by atoms with Crippen LogP contribution >= 0.6 is 12.4 Å². The number of nitrogens with one attached hydrogen (secondary N) is 1. The van der Waals surface area contributed by atoms with Crippen molar-refractivity contribution < 1.29 is 22.8 Å². The van der Waals surface area contributed by atoms with Crippen LogP contribution in [-0.2, 0) is 9.59 Å². The predicted molar refractivity (Wildman–Crippen MR) is 91.9 cm³/mol. The Labute approximate surface area is 151 Å². The fourth-order valence-corrected chi connectivity index (χ4v) is 2.04. The summed E-state index contributed by atoms with van der Waals surface area (Å²) in [6.45, 7) is 5.17. The van der Waals surface area contributed by atoms with Crippen LogP contribution in [-0.4, -0.2) is 35.8 Å². The molecule has 0 aliphatic carbocycles. The van der Waals surface area contributed by atoms with Crippen molar-refractivity contribution in [1.29, 1.82) is 0 Å². The van der Waals surface area contributed by atoms with Gasteiger partial charge in [-0.05, 0) is 25.5 Å². The third kappa shape index (κ3) is 6.21. The molecule has 0 heterocycles. The fraction of sp³-hybridized carbons (Fsp3) is 0.500. The minimum absolute atomic E-state index is 0. The number of nitrogens with zero attached hydrogens (tertiary/aromatic N) is 1. The Morgan fingerprint density at radius 2 is 1.80 bits per heavy atom. The Morgan fingerprint density at radius 1 is 1.20 bits per heavy atom. The third-order valence-corrected chi connectivity index (χ3v) is 3.63. The van der Waals surface area contributed by atoms with E-state index in [2.05, 4.69) is 5.32 Å². The number of rotatable bonds is 7. The molecule has 25 heavy (non-hydrogen) atoms. The SMILES string of the molecule is CCCN(CC(=O)Nc1ccc(F)c(F)c1F)C(=O)C(C)C(C)N.Cl. The lowest BCUT2D eigenvalue weighted by molar-refractivity contribution is -0.138. The fourth-order valence-electron chi connectivity index (χ4n) is 2.04. The molecule has 0 spiro atoms. The van der Waals surface area contributed by atoms with Crippen LogP contribution in [0.3, 0.4) is 0 Å². The molecule has 0 bridgehead atoms. The molecule has 0 aliphatic rings. The zero-order valence-corrected chi connectivity index (χ0v) is 15.1. The average Bonchev–Trinajstić information content (AvgIpc) is 2.53. The second-order valence-corrected chi connectivity index (χ2v) is 5.68. The first-order valence-corrected chi connectivity index (χ1v) is 7.66. The summed E-state index contributed by atoms with van der Waals surface area (Å²) in [5, 5.41) is 2.14. The minimum Gasteiger partial charge on any atom is -0.333 e. The maximum atomic E-state index is 13.6. The maximum absolute atomic E-state index is 13.6. The Hall–Kier alpha value is -1.80. The number of benzene rings is 1. The molecule has 2 atom stereocenters. The monoisotopic (exact) mass is 381 g/mol. The van der Waals surface area contributed by atoms with E-state index in [9.17, 15) is 22.8 Å². The molecular weight excluding hydrogens is 359 g/mol. The number of hydrogen-bond donors (Lipinski definition) is 2. The molecule has 2 unspecified atom stereocenters. The van der Waals surface area contributed by atoms with Gasteiger partial charge in [-0.25, -0.2) is 13.2 Å². The van der Waals surface area contributed by atoms with Crippen molar-refractivity contribution in [1.82, 2.24) is 4.90 Å². The van der Waals surface area contributed by atoms with E-state index in [1.54, 1.807) is 13.8 Å². The van der Waals surface area contributed by atoms with E-state index in [1.807, 2.05) is 6.92 Å². The lowest BCUT2D eigenvalue weighted by Crippen LogP contribution is -2.45. The first kappa shape index (κ1) is 23.2. The summed E-state index contributed by atoms with van der Waals surface area (Å²) < 4.78 is 39.6. The highest BCUT2D eigenvalue weighted by molar-refractivity contribution is 5.95. The number of hydrogen-bond acceptors (Lipinski definition) is 3. The molecule has 0 aromatic heterocycles. The van der Waals surface area contributed by atoms with Crippen LogP contribution in [0.15, 0.2) is 12.1 Å².